The van der Waals surface area contributed by atoms with E-state index in [0.717, 1.165) is 16.1 Å². The minimum Gasteiger partial charge on any atom is -0.368 e. The second kappa shape index (κ2) is 7.31. The van der Waals surface area contributed by atoms with Crippen molar-refractivity contribution in [2.24, 2.45) is 0 Å². The first-order valence-electron chi connectivity index (χ1n) is 7.65. The van der Waals surface area contributed by atoms with Crippen molar-refractivity contribution in [2.45, 2.75) is 18.4 Å². The molecular formula is C16H18N6OS. The summed E-state index contributed by atoms with van der Waals surface area (Å²) in [5, 5.41) is 8.75. The molecule has 0 unspecified atom stereocenters. The minimum absolute atomic E-state index is 0.0308. The van der Waals surface area contributed by atoms with Crippen LogP contribution in [0.15, 0.2) is 41.6 Å². The molecule has 0 radical (unpaired) electrons. The lowest BCUT2D eigenvalue weighted by Gasteiger charge is -2.06. The van der Waals surface area contributed by atoms with Crippen molar-refractivity contribution in [3.8, 4) is 5.69 Å². The molecule has 0 aliphatic carbocycles. The molecule has 1 aromatic carbocycles. The lowest BCUT2D eigenvalue weighted by Crippen LogP contribution is -2.22. The average Bonchev–Trinajstić information content (AvgIpc) is 2.99. The minimum atomic E-state index is 0.0308. The van der Waals surface area contributed by atoms with Gasteiger partial charge in [-0.25, -0.2) is 9.67 Å². The topological polar surface area (TPSA) is 98.7 Å². The highest BCUT2D eigenvalue weighted by atomic mass is 32.2. The quantitative estimate of drug-likeness (QED) is 0.525. The van der Waals surface area contributed by atoms with Crippen LogP contribution in [0.5, 0.6) is 0 Å². The van der Waals surface area contributed by atoms with Gasteiger partial charge in [-0.1, -0.05) is 18.2 Å². The number of aromatic nitrogens is 4. The lowest BCUT2D eigenvalue weighted by molar-refractivity contribution is -0.120. The number of hydrogen-bond donors (Lipinski definition) is 2. The van der Waals surface area contributed by atoms with Gasteiger partial charge in [-0.05, 0) is 19.1 Å². The van der Waals surface area contributed by atoms with Crippen LogP contribution < -0.4 is 11.1 Å². The molecule has 3 rings (SSSR count). The Bertz CT molecular complexity index is 848. The summed E-state index contributed by atoms with van der Waals surface area (Å²) in [6, 6.07) is 9.73. The number of carbonyl (C=O) groups is 1. The molecule has 0 fully saturated rings. The van der Waals surface area contributed by atoms with Crippen molar-refractivity contribution >= 4 is 34.7 Å². The van der Waals surface area contributed by atoms with Gasteiger partial charge in [0, 0.05) is 18.7 Å². The SMILES string of the molecule is CCNC(=O)CCSc1nc(N)nc2c1cnn2-c1ccccc1. The van der Waals surface area contributed by atoms with Crippen LogP contribution in [0.4, 0.5) is 5.95 Å². The number of thioether (sulfide) groups is 1. The standard InChI is InChI=1S/C16H18N6OS/c1-2-18-13(23)8-9-24-15-12-10-19-22(11-6-4-3-5-7-11)14(12)20-16(17)21-15/h3-7,10H,2,8-9H2,1H3,(H,18,23)(H2,17,20,21). The Morgan fingerprint density at radius 2 is 2.08 bits per heavy atom. The Morgan fingerprint density at radius 3 is 2.83 bits per heavy atom. The number of nitrogens with two attached hydrogens (primary N) is 1. The van der Waals surface area contributed by atoms with E-state index in [2.05, 4.69) is 20.4 Å². The van der Waals surface area contributed by atoms with E-state index in [1.54, 1.807) is 10.9 Å². The highest BCUT2D eigenvalue weighted by molar-refractivity contribution is 7.99. The zero-order valence-electron chi connectivity index (χ0n) is 13.3. The highest BCUT2D eigenvalue weighted by Crippen LogP contribution is 2.27. The number of rotatable bonds is 6. The van der Waals surface area contributed by atoms with Crippen molar-refractivity contribution in [1.29, 1.82) is 0 Å². The van der Waals surface area contributed by atoms with Crippen molar-refractivity contribution < 1.29 is 4.79 Å². The maximum Gasteiger partial charge on any atom is 0.223 e. The van der Waals surface area contributed by atoms with Crippen LogP contribution in [-0.4, -0.2) is 38.0 Å². The van der Waals surface area contributed by atoms with Gasteiger partial charge in [0.25, 0.3) is 0 Å². The predicted molar refractivity (Wildman–Crippen MR) is 95.1 cm³/mol. The van der Waals surface area contributed by atoms with Gasteiger partial charge in [-0.2, -0.15) is 10.1 Å². The van der Waals surface area contributed by atoms with Crippen LogP contribution in [0.1, 0.15) is 13.3 Å². The number of amides is 1. The maximum atomic E-state index is 11.6. The van der Waals surface area contributed by atoms with Crippen molar-refractivity contribution in [1.82, 2.24) is 25.1 Å². The second-order valence-corrected chi connectivity index (χ2v) is 6.15. The normalized spacial score (nSPS) is 10.9. The van der Waals surface area contributed by atoms with E-state index in [0.29, 0.717) is 24.4 Å². The smallest absolute Gasteiger partial charge is 0.223 e. The molecule has 24 heavy (non-hydrogen) atoms. The summed E-state index contributed by atoms with van der Waals surface area (Å²) in [6.45, 7) is 2.54. The number of para-hydroxylation sites is 1. The van der Waals surface area contributed by atoms with E-state index in [1.807, 2.05) is 37.3 Å². The van der Waals surface area contributed by atoms with Gasteiger partial charge >= 0.3 is 0 Å². The first-order chi connectivity index (χ1) is 11.7. The zero-order valence-corrected chi connectivity index (χ0v) is 14.1. The first-order valence-corrected chi connectivity index (χ1v) is 8.63. The summed E-state index contributed by atoms with van der Waals surface area (Å²) in [4.78, 5) is 20.2. The maximum absolute atomic E-state index is 11.6. The number of nitrogens with one attached hydrogen (secondary N) is 1. The van der Waals surface area contributed by atoms with Crippen molar-refractivity contribution in [3.63, 3.8) is 0 Å². The molecule has 2 heterocycles. The Labute approximate surface area is 143 Å². The van der Waals surface area contributed by atoms with E-state index in [1.165, 1.54) is 11.8 Å². The van der Waals surface area contributed by atoms with E-state index < -0.39 is 0 Å². The number of benzene rings is 1. The number of anilines is 1. The number of nitrogens with zero attached hydrogens (tertiary/aromatic N) is 4. The molecule has 124 valence electrons. The monoisotopic (exact) mass is 342 g/mol. The molecule has 0 bridgehead atoms. The molecule has 0 atom stereocenters. The fourth-order valence-corrected chi connectivity index (χ4v) is 3.23. The van der Waals surface area contributed by atoms with Crippen LogP contribution in [0.2, 0.25) is 0 Å². The highest BCUT2D eigenvalue weighted by Gasteiger charge is 2.13. The molecule has 1 amide bonds. The Balaban J connectivity index is 1.87. The largest absolute Gasteiger partial charge is 0.368 e. The van der Waals surface area contributed by atoms with Gasteiger partial charge in [-0.3, -0.25) is 4.79 Å². The second-order valence-electron chi connectivity index (χ2n) is 5.07. The molecule has 0 aliphatic rings. The molecule has 0 saturated heterocycles. The summed E-state index contributed by atoms with van der Waals surface area (Å²) in [5.74, 6) is 0.845. The number of fused-ring (bicyclic) bond motifs is 1. The van der Waals surface area contributed by atoms with Crippen LogP contribution in [0.25, 0.3) is 16.7 Å². The third-order valence-electron chi connectivity index (χ3n) is 3.35. The van der Waals surface area contributed by atoms with Crippen LogP contribution in [-0.2, 0) is 4.79 Å². The van der Waals surface area contributed by atoms with Gasteiger partial charge in [-0.15, -0.1) is 11.8 Å². The Hall–Kier alpha value is -2.61. The third kappa shape index (κ3) is 3.48. The van der Waals surface area contributed by atoms with Crippen LogP contribution in [0, 0.1) is 0 Å². The molecule has 0 aliphatic heterocycles. The molecule has 0 spiro atoms. The number of carbonyl (C=O) groups excluding carboxylic acids is 1. The third-order valence-corrected chi connectivity index (χ3v) is 4.35. The Morgan fingerprint density at radius 1 is 1.29 bits per heavy atom. The van der Waals surface area contributed by atoms with Crippen molar-refractivity contribution in [2.75, 3.05) is 18.0 Å². The summed E-state index contributed by atoms with van der Waals surface area (Å²) < 4.78 is 1.74. The van der Waals surface area contributed by atoms with Gasteiger partial charge < -0.3 is 11.1 Å². The Kier molecular flexibility index (Phi) is 4.95. The van der Waals surface area contributed by atoms with E-state index >= 15 is 0 Å². The summed E-state index contributed by atoms with van der Waals surface area (Å²) in [5.41, 5.74) is 7.42. The predicted octanol–water partition coefficient (Wildman–Crippen LogP) is 2.02. The molecule has 0 saturated carbocycles. The van der Waals surface area contributed by atoms with Gasteiger partial charge in [0.2, 0.25) is 11.9 Å². The van der Waals surface area contributed by atoms with E-state index in [9.17, 15) is 4.79 Å². The molecule has 3 N–H and O–H groups in total. The van der Waals surface area contributed by atoms with Crippen LogP contribution >= 0.6 is 11.8 Å². The fourth-order valence-electron chi connectivity index (χ4n) is 2.29. The number of nitrogen functional groups attached to an aromatic ring is 1. The summed E-state index contributed by atoms with van der Waals surface area (Å²) in [6.07, 6.45) is 2.16. The first kappa shape index (κ1) is 16.3. The van der Waals surface area contributed by atoms with Crippen molar-refractivity contribution in [3.05, 3.63) is 36.5 Å². The van der Waals surface area contributed by atoms with Gasteiger partial charge in [0.05, 0.1) is 17.3 Å². The van der Waals surface area contributed by atoms with Crippen LogP contribution in [0.3, 0.4) is 0 Å². The molecule has 3 aromatic rings. The van der Waals surface area contributed by atoms with E-state index in [4.69, 9.17) is 5.73 Å². The summed E-state index contributed by atoms with van der Waals surface area (Å²) >= 11 is 1.48. The molecule has 8 heteroatoms. The van der Waals surface area contributed by atoms with E-state index in [-0.39, 0.29) is 11.9 Å². The number of hydrogen-bond acceptors (Lipinski definition) is 6. The zero-order chi connectivity index (χ0) is 16.9. The van der Waals surface area contributed by atoms with Gasteiger partial charge in [0.15, 0.2) is 5.65 Å². The molecular weight excluding hydrogens is 324 g/mol. The van der Waals surface area contributed by atoms with Gasteiger partial charge in [0.1, 0.15) is 5.03 Å². The summed E-state index contributed by atoms with van der Waals surface area (Å²) in [7, 11) is 0. The lowest BCUT2D eigenvalue weighted by atomic mass is 10.3. The average molecular weight is 342 g/mol. The fraction of sp³-hybridized carbons (Fsp3) is 0.250. The molecule has 2 aromatic heterocycles. The molecule has 7 nitrogen and oxygen atoms in total.